The average molecular weight is 479 g/mol. The fraction of sp³-hybridized carbons (Fsp3) is 0.500. The lowest BCUT2D eigenvalue weighted by molar-refractivity contribution is -0.224. The summed E-state index contributed by atoms with van der Waals surface area (Å²) in [4.78, 5) is 0. The summed E-state index contributed by atoms with van der Waals surface area (Å²) in [7, 11) is 0. The number of rotatable bonds is 7. The molecule has 34 heavy (non-hydrogen) atoms. The van der Waals surface area contributed by atoms with Gasteiger partial charge in [-0.2, -0.15) is 8.78 Å². The van der Waals surface area contributed by atoms with Gasteiger partial charge in [0, 0.05) is 12.1 Å². The van der Waals surface area contributed by atoms with Crippen LogP contribution in [0.25, 0.3) is 5.57 Å². The normalized spacial score (nSPS) is 23.5. The van der Waals surface area contributed by atoms with Gasteiger partial charge in [0.25, 0.3) is 0 Å². The minimum absolute atomic E-state index is 0.287. The van der Waals surface area contributed by atoms with Crippen LogP contribution in [0.2, 0.25) is 0 Å². The predicted octanol–water partition coefficient (Wildman–Crippen LogP) is 8.72. The molecule has 0 amide bonds. The summed E-state index contributed by atoms with van der Waals surface area (Å²) in [5.74, 6) is -5.65. The molecular weight excluding hydrogens is 447 g/mol. The van der Waals surface area contributed by atoms with Crippen molar-refractivity contribution in [2.75, 3.05) is 0 Å². The van der Waals surface area contributed by atoms with Crippen LogP contribution in [-0.4, -0.2) is 6.11 Å². The zero-order valence-electron chi connectivity index (χ0n) is 19.4. The lowest BCUT2D eigenvalue weighted by atomic mass is 9.71. The van der Waals surface area contributed by atoms with Gasteiger partial charge in [0.05, 0.1) is 5.92 Å². The molecule has 0 N–H and O–H groups in total. The smallest absolute Gasteiger partial charge is 0.400 e. The van der Waals surface area contributed by atoms with E-state index in [-0.39, 0.29) is 12.8 Å². The van der Waals surface area contributed by atoms with Gasteiger partial charge in [0.1, 0.15) is 5.75 Å². The average Bonchev–Trinajstić information content (AvgIpc) is 2.83. The third kappa shape index (κ3) is 5.64. The topological polar surface area (TPSA) is 9.23 Å². The molecular formula is C28H31F5O. The molecule has 1 fully saturated rings. The highest BCUT2D eigenvalue weighted by Gasteiger charge is 2.45. The predicted molar refractivity (Wildman–Crippen MR) is 123 cm³/mol. The molecule has 0 heterocycles. The second-order valence-electron chi connectivity index (χ2n) is 9.69. The molecule has 1 atom stereocenters. The van der Waals surface area contributed by atoms with Crippen LogP contribution in [0.3, 0.4) is 0 Å². The summed E-state index contributed by atoms with van der Waals surface area (Å²) in [6.45, 7) is 2.17. The SMILES string of the molecule is CCCc1ccc(C2=CCC(C3CCC(C(F)(F)Oc4cc(F)c(F)c(F)c4)CC3)CC2)cc1. The van der Waals surface area contributed by atoms with E-state index in [0.717, 1.165) is 32.1 Å². The van der Waals surface area contributed by atoms with Gasteiger partial charge in [0.15, 0.2) is 17.5 Å². The van der Waals surface area contributed by atoms with Gasteiger partial charge < -0.3 is 4.74 Å². The number of aryl methyl sites for hydroxylation is 1. The molecule has 0 saturated heterocycles. The lowest BCUT2D eigenvalue weighted by Gasteiger charge is -2.37. The number of hydrogen-bond acceptors (Lipinski definition) is 1. The molecule has 0 radical (unpaired) electrons. The minimum Gasteiger partial charge on any atom is -0.432 e. The number of benzene rings is 2. The molecule has 0 aromatic heterocycles. The molecule has 1 nitrogen and oxygen atoms in total. The van der Waals surface area contributed by atoms with Crippen LogP contribution in [0.15, 0.2) is 42.5 Å². The van der Waals surface area contributed by atoms with E-state index in [4.69, 9.17) is 0 Å². The monoisotopic (exact) mass is 478 g/mol. The van der Waals surface area contributed by atoms with Crippen LogP contribution < -0.4 is 4.74 Å². The first-order valence-corrected chi connectivity index (χ1v) is 12.3. The summed E-state index contributed by atoms with van der Waals surface area (Å²) in [5, 5.41) is 0. The molecule has 0 spiro atoms. The van der Waals surface area contributed by atoms with Crippen LogP contribution in [0, 0.1) is 35.2 Å². The largest absolute Gasteiger partial charge is 0.432 e. The first-order valence-electron chi connectivity index (χ1n) is 12.3. The van der Waals surface area contributed by atoms with E-state index >= 15 is 0 Å². The molecule has 184 valence electrons. The molecule has 2 aromatic rings. The van der Waals surface area contributed by atoms with Crippen molar-refractivity contribution in [2.24, 2.45) is 17.8 Å². The molecule has 2 aliphatic carbocycles. The zero-order valence-corrected chi connectivity index (χ0v) is 19.4. The van der Waals surface area contributed by atoms with Gasteiger partial charge in [-0.3, -0.25) is 0 Å². The van der Waals surface area contributed by atoms with Crippen molar-refractivity contribution in [3.63, 3.8) is 0 Å². The summed E-state index contributed by atoms with van der Waals surface area (Å²) in [5.41, 5.74) is 3.99. The number of alkyl halides is 2. The van der Waals surface area contributed by atoms with E-state index in [1.807, 2.05) is 0 Å². The van der Waals surface area contributed by atoms with Crippen molar-refractivity contribution in [1.82, 2.24) is 0 Å². The molecule has 6 heteroatoms. The summed E-state index contributed by atoms with van der Waals surface area (Å²) >= 11 is 0. The van der Waals surface area contributed by atoms with Gasteiger partial charge in [-0.1, -0.05) is 43.7 Å². The van der Waals surface area contributed by atoms with Gasteiger partial charge in [-0.25, -0.2) is 13.2 Å². The first kappa shape index (κ1) is 24.7. The standard InChI is InChI=1S/C28H31F5O/c1-2-3-18-4-6-19(7-5-18)20-8-10-21(11-9-20)22-12-14-23(15-13-22)28(32,33)34-24-16-25(29)27(31)26(30)17-24/h4-8,16-17,21-23H,2-3,9-15H2,1H3. The Morgan fingerprint density at radius 3 is 2.09 bits per heavy atom. The Balaban J connectivity index is 1.30. The summed E-state index contributed by atoms with van der Waals surface area (Å²) in [6, 6.07) is 9.71. The van der Waals surface area contributed by atoms with Crippen molar-refractivity contribution in [2.45, 2.75) is 70.8 Å². The van der Waals surface area contributed by atoms with Gasteiger partial charge in [0.2, 0.25) is 0 Å². The highest BCUT2D eigenvalue weighted by Crippen LogP contribution is 2.45. The Bertz CT molecular complexity index is 983. The minimum atomic E-state index is -3.56. The second-order valence-corrected chi connectivity index (χ2v) is 9.69. The van der Waals surface area contributed by atoms with E-state index < -0.39 is 35.2 Å². The molecule has 1 saturated carbocycles. The van der Waals surface area contributed by atoms with Crippen molar-refractivity contribution in [3.05, 3.63) is 71.1 Å². The Morgan fingerprint density at radius 1 is 0.882 bits per heavy atom. The fourth-order valence-corrected chi connectivity index (χ4v) is 5.48. The van der Waals surface area contributed by atoms with E-state index in [1.165, 1.54) is 16.7 Å². The quantitative estimate of drug-likeness (QED) is 0.286. The number of allylic oxidation sites excluding steroid dienone is 2. The van der Waals surface area contributed by atoms with Gasteiger partial charge in [-0.15, -0.1) is 0 Å². The zero-order chi connectivity index (χ0) is 24.3. The second kappa shape index (κ2) is 10.5. The van der Waals surface area contributed by atoms with Crippen molar-refractivity contribution >= 4 is 5.57 Å². The highest BCUT2D eigenvalue weighted by atomic mass is 19.3. The Morgan fingerprint density at radius 2 is 1.53 bits per heavy atom. The molecule has 0 bridgehead atoms. The Hall–Kier alpha value is -2.37. The Kier molecular flexibility index (Phi) is 7.63. The van der Waals surface area contributed by atoms with Crippen molar-refractivity contribution in [3.8, 4) is 5.75 Å². The summed E-state index contributed by atoms with van der Waals surface area (Å²) < 4.78 is 73.8. The number of hydrogen-bond donors (Lipinski definition) is 0. The molecule has 2 aliphatic rings. The highest BCUT2D eigenvalue weighted by molar-refractivity contribution is 5.66. The fourth-order valence-electron chi connectivity index (χ4n) is 5.48. The maximum Gasteiger partial charge on any atom is 0.400 e. The van der Waals surface area contributed by atoms with E-state index in [9.17, 15) is 22.0 Å². The van der Waals surface area contributed by atoms with E-state index in [0.29, 0.717) is 36.8 Å². The first-order chi connectivity index (χ1) is 16.3. The molecule has 1 unspecified atom stereocenters. The van der Waals surface area contributed by atoms with Crippen LogP contribution >= 0.6 is 0 Å². The van der Waals surface area contributed by atoms with Crippen molar-refractivity contribution in [1.29, 1.82) is 0 Å². The van der Waals surface area contributed by atoms with Gasteiger partial charge >= 0.3 is 6.11 Å². The number of halogens is 5. The summed E-state index contributed by atoms with van der Waals surface area (Å²) in [6.07, 6.45) is 5.91. The maximum atomic E-state index is 14.7. The van der Waals surface area contributed by atoms with Crippen LogP contribution in [0.4, 0.5) is 22.0 Å². The van der Waals surface area contributed by atoms with Crippen molar-refractivity contribution < 1.29 is 26.7 Å². The van der Waals surface area contributed by atoms with Crippen LogP contribution in [0.5, 0.6) is 5.75 Å². The van der Waals surface area contributed by atoms with Crippen LogP contribution in [0.1, 0.15) is 69.4 Å². The Labute approximate surface area is 198 Å². The van der Waals surface area contributed by atoms with Gasteiger partial charge in [-0.05, 0) is 79.9 Å². The van der Waals surface area contributed by atoms with E-state index in [1.54, 1.807) is 0 Å². The molecule has 0 aliphatic heterocycles. The van der Waals surface area contributed by atoms with E-state index in [2.05, 4.69) is 42.0 Å². The lowest BCUT2D eigenvalue weighted by Crippen LogP contribution is -2.38. The maximum absolute atomic E-state index is 14.7. The third-order valence-corrected chi connectivity index (χ3v) is 7.44. The van der Waals surface area contributed by atoms with Crippen LogP contribution in [-0.2, 0) is 6.42 Å². The molecule has 2 aromatic carbocycles. The number of ether oxygens (including phenoxy) is 1. The third-order valence-electron chi connectivity index (χ3n) is 7.44. The molecule has 4 rings (SSSR count).